The molecular weight excluding hydrogens is 274 g/mol. The summed E-state index contributed by atoms with van der Waals surface area (Å²) in [4.78, 5) is 0. The van der Waals surface area contributed by atoms with E-state index in [1.165, 1.54) is 17.1 Å². The second-order valence-electron chi connectivity index (χ2n) is 5.42. The van der Waals surface area contributed by atoms with Gasteiger partial charge in [0.25, 0.3) is 10.2 Å². The molecule has 5 nitrogen and oxygen atoms in total. The van der Waals surface area contributed by atoms with Gasteiger partial charge in [0.2, 0.25) is 0 Å². The van der Waals surface area contributed by atoms with Crippen LogP contribution in [0.25, 0.3) is 0 Å². The molecule has 0 bridgehead atoms. The first-order chi connectivity index (χ1) is 7.99. The molecule has 1 heterocycles. The number of nitrogens with zero attached hydrogens (tertiary/aromatic N) is 1. The lowest BCUT2D eigenvalue weighted by Crippen LogP contribution is -2.53. The minimum Gasteiger partial charge on any atom is -0.315 e. The van der Waals surface area contributed by atoms with Crippen molar-refractivity contribution in [2.75, 3.05) is 26.7 Å². The third-order valence-electron chi connectivity index (χ3n) is 3.75. The SMILES string of the molecule is CC1CCNCC1NS(=O)(=O)N(C)CC1CC1.Cl. The Morgan fingerprint density at radius 2 is 2.00 bits per heavy atom. The fourth-order valence-corrected chi connectivity index (χ4v) is 3.48. The third kappa shape index (κ3) is 4.35. The van der Waals surface area contributed by atoms with Crippen LogP contribution in [-0.2, 0) is 10.2 Å². The van der Waals surface area contributed by atoms with Gasteiger partial charge >= 0.3 is 0 Å². The zero-order valence-corrected chi connectivity index (χ0v) is 12.7. The van der Waals surface area contributed by atoms with Gasteiger partial charge in [0.05, 0.1) is 0 Å². The van der Waals surface area contributed by atoms with Crippen LogP contribution in [0.1, 0.15) is 26.2 Å². The Morgan fingerprint density at radius 3 is 2.56 bits per heavy atom. The van der Waals surface area contributed by atoms with Crippen molar-refractivity contribution in [1.82, 2.24) is 14.3 Å². The fourth-order valence-electron chi connectivity index (χ4n) is 2.19. The van der Waals surface area contributed by atoms with Gasteiger partial charge in [-0.2, -0.15) is 17.4 Å². The van der Waals surface area contributed by atoms with Crippen LogP contribution in [0, 0.1) is 11.8 Å². The van der Waals surface area contributed by atoms with Crippen LogP contribution in [-0.4, -0.2) is 45.4 Å². The standard InChI is InChI=1S/C11H23N3O2S.ClH/c1-9-5-6-12-7-11(9)13-17(15,16)14(2)8-10-3-4-10;/h9-13H,3-8H2,1-2H3;1H. The minimum atomic E-state index is -3.30. The third-order valence-corrected chi connectivity index (χ3v) is 5.32. The van der Waals surface area contributed by atoms with E-state index in [1.54, 1.807) is 7.05 Å². The number of nitrogens with one attached hydrogen (secondary N) is 2. The van der Waals surface area contributed by atoms with E-state index in [1.807, 2.05) is 0 Å². The summed E-state index contributed by atoms with van der Waals surface area (Å²) in [5.41, 5.74) is 0. The van der Waals surface area contributed by atoms with Crippen molar-refractivity contribution in [3.05, 3.63) is 0 Å². The van der Waals surface area contributed by atoms with Gasteiger partial charge in [0, 0.05) is 26.2 Å². The molecule has 0 aromatic carbocycles. The van der Waals surface area contributed by atoms with Gasteiger partial charge in [-0.1, -0.05) is 6.92 Å². The summed E-state index contributed by atoms with van der Waals surface area (Å²) < 4.78 is 28.5. The summed E-state index contributed by atoms with van der Waals surface area (Å²) in [5, 5.41) is 3.23. The molecule has 0 aromatic heterocycles. The van der Waals surface area contributed by atoms with Crippen molar-refractivity contribution in [3.8, 4) is 0 Å². The molecule has 2 N–H and O–H groups in total. The summed E-state index contributed by atoms with van der Waals surface area (Å²) in [7, 11) is -1.64. The average Bonchev–Trinajstić information content (AvgIpc) is 3.05. The minimum absolute atomic E-state index is 0. The maximum absolute atomic E-state index is 12.1. The van der Waals surface area contributed by atoms with Crippen LogP contribution >= 0.6 is 12.4 Å². The first kappa shape index (κ1) is 16.2. The molecule has 108 valence electrons. The molecule has 2 unspecified atom stereocenters. The zero-order chi connectivity index (χ0) is 12.5. The van der Waals surface area contributed by atoms with Gasteiger partial charge in [-0.15, -0.1) is 12.4 Å². The highest BCUT2D eigenvalue weighted by molar-refractivity contribution is 7.87. The number of rotatable bonds is 5. The predicted molar refractivity (Wildman–Crippen MR) is 75.1 cm³/mol. The normalized spacial score (nSPS) is 29.1. The second-order valence-corrected chi connectivity index (χ2v) is 7.23. The van der Waals surface area contributed by atoms with E-state index >= 15 is 0 Å². The highest BCUT2D eigenvalue weighted by Crippen LogP contribution is 2.29. The Labute approximate surface area is 116 Å². The van der Waals surface area contributed by atoms with Crippen LogP contribution in [0.15, 0.2) is 0 Å². The molecule has 2 atom stereocenters. The molecule has 1 aliphatic heterocycles. The summed E-state index contributed by atoms with van der Waals surface area (Å²) in [6, 6.07) is 0.0235. The lowest BCUT2D eigenvalue weighted by molar-refractivity contribution is 0.319. The predicted octanol–water partition coefficient (Wildman–Crippen LogP) is 0.582. The maximum atomic E-state index is 12.1. The van der Waals surface area contributed by atoms with E-state index in [-0.39, 0.29) is 18.4 Å². The number of halogens is 1. The summed E-state index contributed by atoms with van der Waals surface area (Å²) >= 11 is 0. The van der Waals surface area contributed by atoms with Gasteiger partial charge in [-0.3, -0.25) is 0 Å². The van der Waals surface area contributed by atoms with Gasteiger partial charge in [0.15, 0.2) is 0 Å². The first-order valence-electron chi connectivity index (χ1n) is 6.43. The van der Waals surface area contributed by atoms with Crippen LogP contribution < -0.4 is 10.0 Å². The molecular formula is C11H24ClN3O2S. The summed E-state index contributed by atoms with van der Waals surface area (Å²) in [6.45, 7) is 4.48. The van der Waals surface area contributed by atoms with Crippen molar-refractivity contribution >= 4 is 22.6 Å². The zero-order valence-electron chi connectivity index (χ0n) is 11.1. The van der Waals surface area contributed by atoms with Crippen LogP contribution in [0.5, 0.6) is 0 Å². The van der Waals surface area contributed by atoms with Crippen molar-refractivity contribution in [2.45, 2.75) is 32.2 Å². The van der Waals surface area contributed by atoms with Crippen molar-refractivity contribution in [2.24, 2.45) is 11.8 Å². The topological polar surface area (TPSA) is 61.4 Å². The van der Waals surface area contributed by atoms with E-state index in [2.05, 4.69) is 17.0 Å². The molecule has 1 saturated carbocycles. The van der Waals surface area contributed by atoms with E-state index in [4.69, 9.17) is 0 Å². The van der Waals surface area contributed by atoms with Crippen LogP contribution in [0.3, 0.4) is 0 Å². The van der Waals surface area contributed by atoms with Gasteiger partial charge in [0.1, 0.15) is 0 Å². The Balaban J connectivity index is 0.00000162. The molecule has 2 fully saturated rings. The molecule has 2 rings (SSSR count). The largest absolute Gasteiger partial charge is 0.315 e. The Hall–Kier alpha value is 0.120. The molecule has 1 saturated heterocycles. The van der Waals surface area contributed by atoms with Crippen molar-refractivity contribution in [1.29, 1.82) is 0 Å². The summed E-state index contributed by atoms with van der Waals surface area (Å²) in [6.07, 6.45) is 3.36. The van der Waals surface area contributed by atoms with Crippen LogP contribution in [0.2, 0.25) is 0 Å². The first-order valence-corrected chi connectivity index (χ1v) is 7.87. The molecule has 0 radical (unpaired) electrons. The molecule has 0 aromatic rings. The van der Waals surface area contributed by atoms with Crippen molar-refractivity contribution in [3.63, 3.8) is 0 Å². The average molecular weight is 298 g/mol. The van der Waals surface area contributed by atoms with Gasteiger partial charge in [-0.05, 0) is 37.6 Å². The summed E-state index contributed by atoms with van der Waals surface area (Å²) in [5.74, 6) is 0.985. The Kier molecular flexibility index (Phi) is 5.86. The highest BCUT2D eigenvalue weighted by atomic mass is 35.5. The quantitative estimate of drug-likeness (QED) is 0.780. The molecule has 18 heavy (non-hydrogen) atoms. The Bertz CT molecular complexity index is 359. The molecule has 7 heteroatoms. The Morgan fingerprint density at radius 1 is 1.33 bits per heavy atom. The lowest BCUT2D eigenvalue weighted by atomic mass is 9.96. The molecule has 1 aliphatic carbocycles. The van der Waals surface area contributed by atoms with E-state index in [0.717, 1.165) is 19.5 Å². The van der Waals surface area contributed by atoms with E-state index < -0.39 is 10.2 Å². The fraction of sp³-hybridized carbons (Fsp3) is 1.00. The van der Waals surface area contributed by atoms with Gasteiger partial charge in [-0.25, -0.2) is 0 Å². The van der Waals surface area contributed by atoms with E-state index in [0.29, 0.717) is 18.4 Å². The maximum Gasteiger partial charge on any atom is 0.279 e. The highest BCUT2D eigenvalue weighted by Gasteiger charge is 2.31. The molecule has 0 spiro atoms. The van der Waals surface area contributed by atoms with Crippen LogP contribution in [0.4, 0.5) is 0 Å². The monoisotopic (exact) mass is 297 g/mol. The number of hydrogen-bond donors (Lipinski definition) is 2. The van der Waals surface area contributed by atoms with Gasteiger partial charge < -0.3 is 5.32 Å². The second kappa shape index (κ2) is 6.52. The molecule has 0 amide bonds. The number of hydrogen-bond acceptors (Lipinski definition) is 3. The number of piperidine rings is 1. The van der Waals surface area contributed by atoms with Crippen molar-refractivity contribution < 1.29 is 8.42 Å². The lowest BCUT2D eigenvalue weighted by Gasteiger charge is -2.31. The van der Waals surface area contributed by atoms with E-state index in [9.17, 15) is 8.42 Å². The smallest absolute Gasteiger partial charge is 0.279 e. The molecule has 2 aliphatic rings.